The van der Waals surface area contributed by atoms with Crippen molar-refractivity contribution in [1.29, 1.82) is 0 Å². The molecule has 0 fully saturated rings. The molecule has 2 aromatic carbocycles. The Kier molecular flexibility index (Phi) is 7.65. The van der Waals surface area contributed by atoms with Crippen molar-refractivity contribution in [1.82, 2.24) is 5.32 Å². The molecule has 0 saturated carbocycles. The number of rotatable bonds is 9. The van der Waals surface area contributed by atoms with E-state index in [-0.39, 0.29) is 29.8 Å². The Morgan fingerprint density at radius 2 is 1.67 bits per heavy atom. The highest BCUT2D eigenvalue weighted by Gasteiger charge is 2.18. The lowest BCUT2D eigenvalue weighted by Crippen LogP contribution is -2.32. The first kappa shape index (κ1) is 23.9. The number of sulfonamides is 1. The number of sulfone groups is 1. The Morgan fingerprint density at radius 3 is 2.20 bits per heavy atom. The van der Waals surface area contributed by atoms with Crippen LogP contribution in [0.15, 0.2) is 53.4 Å². The highest BCUT2D eigenvalue weighted by atomic mass is 32.2. The van der Waals surface area contributed by atoms with E-state index in [0.717, 1.165) is 23.6 Å². The molecule has 164 valence electrons. The Balaban J connectivity index is 1.94. The van der Waals surface area contributed by atoms with Crippen LogP contribution in [-0.2, 0) is 24.7 Å². The number of aryl methyl sites for hydroxylation is 1. The van der Waals surface area contributed by atoms with Crippen LogP contribution in [0.1, 0.15) is 36.9 Å². The van der Waals surface area contributed by atoms with Gasteiger partial charge >= 0.3 is 0 Å². The summed E-state index contributed by atoms with van der Waals surface area (Å²) in [5.74, 6) is -0.201. The monoisotopic (exact) mass is 452 g/mol. The lowest BCUT2D eigenvalue weighted by molar-refractivity contribution is -0.121. The smallest absolute Gasteiger partial charge is 0.232 e. The van der Waals surface area contributed by atoms with E-state index >= 15 is 0 Å². The summed E-state index contributed by atoms with van der Waals surface area (Å²) in [7, 11) is -6.73. The van der Waals surface area contributed by atoms with Gasteiger partial charge < -0.3 is 5.32 Å². The molecule has 1 atom stereocenters. The molecule has 0 aliphatic heterocycles. The van der Waals surface area contributed by atoms with Crippen molar-refractivity contribution in [2.45, 2.75) is 37.6 Å². The van der Waals surface area contributed by atoms with Crippen molar-refractivity contribution in [3.63, 3.8) is 0 Å². The fourth-order valence-electron chi connectivity index (χ4n) is 3.05. The van der Waals surface area contributed by atoms with Gasteiger partial charge in [0.25, 0.3) is 0 Å². The maximum atomic E-state index is 12.3. The maximum absolute atomic E-state index is 12.3. The SMILES string of the molecule is Cc1cccc(N(CCCC(=O)NC(C)c2ccc(S(C)(=O)=O)cc2)S(C)(=O)=O)c1. The summed E-state index contributed by atoms with van der Waals surface area (Å²) in [6, 6.07) is 13.3. The Morgan fingerprint density at radius 1 is 1.03 bits per heavy atom. The van der Waals surface area contributed by atoms with Crippen LogP contribution in [0.3, 0.4) is 0 Å². The van der Waals surface area contributed by atoms with E-state index in [2.05, 4.69) is 5.32 Å². The van der Waals surface area contributed by atoms with Crippen LogP contribution in [-0.4, -0.2) is 41.8 Å². The number of benzene rings is 2. The van der Waals surface area contributed by atoms with Crippen molar-refractivity contribution in [2.24, 2.45) is 0 Å². The van der Waals surface area contributed by atoms with Crippen molar-refractivity contribution in [3.8, 4) is 0 Å². The van der Waals surface area contributed by atoms with Gasteiger partial charge in [0, 0.05) is 19.2 Å². The van der Waals surface area contributed by atoms with Crippen LogP contribution >= 0.6 is 0 Å². The fraction of sp³-hybridized carbons (Fsp3) is 0.381. The number of carbonyl (C=O) groups excluding carboxylic acids is 1. The molecular formula is C21H28N2O5S2. The molecular weight excluding hydrogens is 424 g/mol. The molecule has 0 saturated heterocycles. The Labute approximate surface area is 179 Å². The van der Waals surface area contributed by atoms with Gasteiger partial charge in [-0.1, -0.05) is 24.3 Å². The van der Waals surface area contributed by atoms with Crippen LogP contribution < -0.4 is 9.62 Å². The third kappa shape index (κ3) is 6.84. The van der Waals surface area contributed by atoms with Crippen LogP contribution in [0.4, 0.5) is 5.69 Å². The summed E-state index contributed by atoms with van der Waals surface area (Å²) < 4.78 is 48.7. The topological polar surface area (TPSA) is 101 Å². The molecule has 0 bridgehead atoms. The molecule has 0 radical (unpaired) electrons. The van der Waals surface area contributed by atoms with Gasteiger partial charge in [-0.15, -0.1) is 0 Å². The number of hydrogen-bond donors (Lipinski definition) is 1. The molecule has 9 heteroatoms. The average molecular weight is 453 g/mol. The molecule has 1 amide bonds. The third-order valence-electron chi connectivity index (χ3n) is 4.64. The largest absolute Gasteiger partial charge is 0.350 e. The van der Waals surface area contributed by atoms with Crippen molar-refractivity contribution < 1.29 is 21.6 Å². The molecule has 30 heavy (non-hydrogen) atoms. The third-order valence-corrected chi connectivity index (χ3v) is 6.96. The molecule has 0 spiro atoms. The summed E-state index contributed by atoms with van der Waals surface area (Å²) in [4.78, 5) is 12.5. The molecule has 2 rings (SSSR count). The van der Waals surface area contributed by atoms with E-state index in [4.69, 9.17) is 0 Å². The van der Waals surface area contributed by atoms with Gasteiger partial charge in [0.1, 0.15) is 0 Å². The van der Waals surface area contributed by atoms with Gasteiger partial charge in [-0.05, 0) is 55.7 Å². The number of carbonyl (C=O) groups is 1. The molecule has 0 heterocycles. The second kappa shape index (κ2) is 9.61. The second-order valence-electron chi connectivity index (χ2n) is 7.41. The van der Waals surface area contributed by atoms with E-state index < -0.39 is 19.9 Å². The number of anilines is 1. The molecule has 0 aliphatic rings. The molecule has 0 aliphatic carbocycles. The molecule has 7 nitrogen and oxygen atoms in total. The van der Waals surface area contributed by atoms with Crippen molar-refractivity contribution in [3.05, 3.63) is 59.7 Å². The fourth-order valence-corrected chi connectivity index (χ4v) is 4.64. The van der Waals surface area contributed by atoms with Crippen LogP contribution in [0, 0.1) is 6.92 Å². The number of nitrogens with zero attached hydrogens (tertiary/aromatic N) is 1. The number of hydrogen-bond acceptors (Lipinski definition) is 5. The summed E-state index contributed by atoms with van der Waals surface area (Å²) in [5, 5.41) is 2.86. The number of nitrogens with one attached hydrogen (secondary N) is 1. The van der Waals surface area contributed by atoms with E-state index in [9.17, 15) is 21.6 Å². The minimum Gasteiger partial charge on any atom is -0.350 e. The highest BCUT2D eigenvalue weighted by molar-refractivity contribution is 7.92. The predicted molar refractivity (Wildman–Crippen MR) is 119 cm³/mol. The lowest BCUT2D eigenvalue weighted by Gasteiger charge is -2.23. The van der Waals surface area contributed by atoms with Crippen molar-refractivity contribution in [2.75, 3.05) is 23.4 Å². The minimum absolute atomic E-state index is 0.170. The van der Waals surface area contributed by atoms with E-state index in [1.165, 1.54) is 16.4 Å². The van der Waals surface area contributed by atoms with Gasteiger partial charge in [0.05, 0.1) is 22.9 Å². The zero-order valence-corrected chi connectivity index (χ0v) is 19.3. The summed E-state index contributed by atoms with van der Waals surface area (Å²) in [5.41, 5.74) is 2.32. The average Bonchev–Trinajstić information content (AvgIpc) is 2.63. The van der Waals surface area contributed by atoms with E-state index in [0.29, 0.717) is 12.1 Å². The Bertz CT molecular complexity index is 1090. The number of amides is 1. The van der Waals surface area contributed by atoms with Crippen molar-refractivity contribution >= 4 is 31.5 Å². The first-order valence-corrected chi connectivity index (χ1v) is 13.3. The minimum atomic E-state index is -3.46. The summed E-state index contributed by atoms with van der Waals surface area (Å²) in [6.07, 6.45) is 2.83. The second-order valence-corrected chi connectivity index (χ2v) is 11.3. The van der Waals surface area contributed by atoms with Gasteiger partial charge in [-0.25, -0.2) is 16.8 Å². The molecule has 2 aromatic rings. The summed E-state index contributed by atoms with van der Waals surface area (Å²) in [6.45, 7) is 3.90. The molecule has 0 aromatic heterocycles. The van der Waals surface area contributed by atoms with Gasteiger partial charge in [-0.3, -0.25) is 9.10 Å². The van der Waals surface area contributed by atoms with Gasteiger partial charge in [0.15, 0.2) is 9.84 Å². The standard InChI is InChI=1S/C21H28N2O5S2/c1-16-7-5-8-19(15-16)23(30(4,27)28)14-6-9-21(24)22-17(2)18-10-12-20(13-11-18)29(3,25)26/h5,7-8,10-13,15,17H,6,9,14H2,1-4H3,(H,22,24). The van der Waals surface area contributed by atoms with Crippen LogP contribution in [0.5, 0.6) is 0 Å². The Hall–Kier alpha value is -2.39. The maximum Gasteiger partial charge on any atom is 0.232 e. The van der Waals surface area contributed by atoms with Gasteiger partial charge in [0.2, 0.25) is 15.9 Å². The lowest BCUT2D eigenvalue weighted by atomic mass is 10.1. The van der Waals surface area contributed by atoms with Crippen LogP contribution in [0.25, 0.3) is 0 Å². The quantitative estimate of drug-likeness (QED) is 0.631. The van der Waals surface area contributed by atoms with Crippen LogP contribution in [0.2, 0.25) is 0 Å². The summed E-state index contributed by atoms with van der Waals surface area (Å²) >= 11 is 0. The first-order valence-electron chi connectivity index (χ1n) is 9.51. The van der Waals surface area contributed by atoms with E-state index in [1.54, 1.807) is 30.3 Å². The van der Waals surface area contributed by atoms with Gasteiger partial charge in [-0.2, -0.15) is 0 Å². The predicted octanol–water partition coefficient (Wildman–Crippen LogP) is 2.82. The first-order chi connectivity index (χ1) is 13.9. The molecule has 1 N–H and O–H groups in total. The zero-order chi connectivity index (χ0) is 22.5. The highest BCUT2D eigenvalue weighted by Crippen LogP contribution is 2.20. The molecule has 1 unspecified atom stereocenters. The van der Waals surface area contributed by atoms with E-state index in [1.807, 2.05) is 19.9 Å². The zero-order valence-electron chi connectivity index (χ0n) is 17.6. The normalized spacial score (nSPS) is 12.9.